The summed E-state index contributed by atoms with van der Waals surface area (Å²) in [7, 11) is 1.51. The monoisotopic (exact) mass is 348 g/mol. The van der Waals surface area contributed by atoms with Gasteiger partial charge in [-0.1, -0.05) is 12.2 Å². The first-order valence-electron chi connectivity index (χ1n) is 7.44. The van der Waals surface area contributed by atoms with Crippen molar-refractivity contribution in [1.29, 1.82) is 0 Å². The number of thiocarbonyl (C=S) groups is 1. The summed E-state index contributed by atoms with van der Waals surface area (Å²) in [5, 5.41) is 0. The summed E-state index contributed by atoms with van der Waals surface area (Å²) in [5.74, 6) is 0. The van der Waals surface area contributed by atoms with E-state index in [0.717, 1.165) is 21.3 Å². The van der Waals surface area contributed by atoms with Crippen LogP contribution >= 0.6 is 12.2 Å². The predicted octanol–water partition coefficient (Wildman–Crippen LogP) is 0.889. The molecule has 24 heavy (non-hydrogen) atoms. The van der Waals surface area contributed by atoms with Crippen molar-refractivity contribution in [3.05, 3.63) is 49.3 Å². The van der Waals surface area contributed by atoms with Crippen LogP contribution in [0, 0.1) is 20.8 Å². The molecule has 0 unspecified atom stereocenters. The standard InChI is InChI=1S/C16H20N4O3S/c1-6-23-15-18-14(21)20(16(22)19(15)5)12-8(2)7-11(13(17)24)9(3)10(12)4/h7H,6H2,1-5H3,(H2,17,24). The summed E-state index contributed by atoms with van der Waals surface area (Å²) in [6, 6.07) is 1.78. The van der Waals surface area contributed by atoms with Crippen LogP contribution in [0.2, 0.25) is 0 Å². The zero-order chi connectivity index (χ0) is 18.2. The Kier molecular flexibility index (Phi) is 4.88. The van der Waals surface area contributed by atoms with Crippen molar-refractivity contribution in [2.45, 2.75) is 27.7 Å². The molecule has 0 saturated carbocycles. The van der Waals surface area contributed by atoms with Gasteiger partial charge in [-0.15, -0.1) is 4.98 Å². The Morgan fingerprint density at radius 1 is 1.29 bits per heavy atom. The molecule has 0 spiro atoms. The largest absolute Gasteiger partial charge is 0.465 e. The second-order valence-electron chi connectivity index (χ2n) is 5.49. The number of nitrogens with zero attached hydrogens (tertiary/aromatic N) is 3. The Hall–Kier alpha value is -2.48. The van der Waals surface area contributed by atoms with Gasteiger partial charge in [0.05, 0.1) is 12.3 Å². The van der Waals surface area contributed by atoms with Crippen LogP contribution in [-0.4, -0.2) is 25.7 Å². The van der Waals surface area contributed by atoms with Crippen molar-refractivity contribution in [3.63, 3.8) is 0 Å². The van der Waals surface area contributed by atoms with E-state index in [2.05, 4.69) is 4.98 Å². The first kappa shape index (κ1) is 17.9. The van der Waals surface area contributed by atoms with Crippen LogP contribution in [0.4, 0.5) is 0 Å². The lowest BCUT2D eigenvalue weighted by atomic mass is 9.97. The summed E-state index contributed by atoms with van der Waals surface area (Å²) >= 11 is 5.06. The molecule has 128 valence electrons. The van der Waals surface area contributed by atoms with E-state index in [-0.39, 0.29) is 11.0 Å². The maximum atomic E-state index is 12.7. The average molecular weight is 348 g/mol. The van der Waals surface area contributed by atoms with Gasteiger partial charge in [-0.2, -0.15) is 0 Å². The molecule has 0 aliphatic rings. The topological polar surface area (TPSA) is 92.1 Å². The van der Waals surface area contributed by atoms with Gasteiger partial charge in [-0.25, -0.2) is 18.7 Å². The first-order chi connectivity index (χ1) is 11.2. The number of nitrogens with two attached hydrogens (primary N) is 1. The molecular weight excluding hydrogens is 328 g/mol. The molecule has 1 aromatic heterocycles. The molecular formula is C16H20N4O3S. The van der Waals surface area contributed by atoms with E-state index in [9.17, 15) is 9.59 Å². The van der Waals surface area contributed by atoms with Crippen molar-refractivity contribution in [1.82, 2.24) is 14.1 Å². The lowest BCUT2D eigenvalue weighted by Gasteiger charge is -2.18. The van der Waals surface area contributed by atoms with Crippen molar-refractivity contribution in [3.8, 4) is 11.7 Å². The molecule has 0 saturated heterocycles. The summed E-state index contributed by atoms with van der Waals surface area (Å²) in [4.78, 5) is 29.2. The number of benzene rings is 1. The molecule has 0 fully saturated rings. The predicted molar refractivity (Wildman–Crippen MR) is 96.3 cm³/mol. The maximum Gasteiger partial charge on any atom is 0.360 e. The van der Waals surface area contributed by atoms with Crippen LogP contribution in [0.15, 0.2) is 15.7 Å². The number of aryl methyl sites for hydroxylation is 1. The number of rotatable bonds is 4. The van der Waals surface area contributed by atoms with E-state index in [0.29, 0.717) is 17.9 Å². The van der Waals surface area contributed by atoms with Crippen LogP contribution in [-0.2, 0) is 7.05 Å². The fourth-order valence-corrected chi connectivity index (χ4v) is 2.85. The second-order valence-corrected chi connectivity index (χ2v) is 5.93. The van der Waals surface area contributed by atoms with E-state index < -0.39 is 11.4 Å². The summed E-state index contributed by atoms with van der Waals surface area (Å²) in [6.07, 6.45) is 0. The molecule has 0 aliphatic carbocycles. The van der Waals surface area contributed by atoms with Crippen molar-refractivity contribution < 1.29 is 4.74 Å². The first-order valence-corrected chi connectivity index (χ1v) is 7.85. The van der Waals surface area contributed by atoms with Crippen LogP contribution in [0.5, 0.6) is 6.01 Å². The van der Waals surface area contributed by atoms with Crippen LogP contribution in [0.25, 0.3) is 5.69 Å². The van der Waals surface area contributed by atoms with Gasteiger partial charge in [0.25, 0.3) is 0 Å². The highest BCUT2D eigenvalue weighted by Crippen LogP contribution is 2.24. The number of aromatic nitrogens is 3. The third-order valence-corrected chi connectivity index (χ3v) is 4.19. The zero-order valence-electron chi connectivity index (χ0n) is 14.3. The Morgan fingerprint density at radius 3 is 2.46 bits per heavy atom. The molecule has 8 heteroatoms. The average Bonchev–Trinajstić information content (AvgIpc) is 2.51. The molecule has 0 aliphatic heterocycles. The van der Waals surface area contributed by atoms with Gasteiger partial charge >= 0.3 is 17.4 Å². The van der Waals surface area contributed by atoms with Gasteiger partial charge < -0.3 is 10.5 Å². The van der Waals surface area contributed by atoms with Crippen molar-refractivity contribution in [2.24, 2.45) is 12.8 Å². The van der Waals surface area contributed by atoms with E-state index in [1.54, 1.807) is 19.9 Å². The molecule has 1 aromatic carbocycles. The SMILES string of the molecule is CCOc1nc(=O)n(-c2c(C)cc(C(N)=S)c(C)c2C)c(=O)n1C. The smallest absolute Gasteiger partial charge is 0.360 e. The summed E-state index contributed by atoms with van der Waals surface area (Å²) in [5.41, 5.74) is 8.06. The van der Waals surface area contributed by atoms with E-state index in [1.807, 2.05) is 13.8 Å². The number of ether oxygens (including phenoxy) is 1. The highest BCUT2D eigenvalue weighted by atomic mass is 32.1. The van der Waals surface area contributed by atoms with E-state index in [1.165, 1.54) is 11.6 Å². The summed E-state index contributed by atoms with van der Waals surface area (Å²) in [6.45, 7) is 7.53. The van der Waals surface area contributed by atoms with Crippen LogP contribution in [0.3, 0.4) is 0 Å². The van der Waals surface area contributed by atoms with Gasteiger partial charge in [0.15, 0.2) is 0 Å². The summed E-state index contributed by atoms with van der Waals surface area (Å²) < 4.78 is 7.48. The van der Waals surface area contributed by atoms with E-state index >= 15 is 0 Å². The fraction of sp³-hybridized carbons (Fsp3) is 0.375. The molecule has 2 aromatic rings. The fourth-order valence-electron chi connectivity index (χ4n) is 2.64. The number of hydrogen-bond acceptors (Lipinski definition) is 5. The molecule has 2 N–H and O–H groups in total. The highest BCUT2D eigenvalue weighted by Gasteiger charge is 2.19. The minimum absolute atomic E-state index is 0.00414. The molecule has 1 heterocycles. The third kappa shape index (κ3) is 2.84. The highest BCUT2D eigenvalue weighted by molar-refractivity contribution is 7.80. The second kappa shape index (κ2) is 6.56. The van der Waals surface area contributed by atoms with Gasteiger partial charge in [0, 0.05) is 12.6 Å². The zero-order valence-corrected chi connectivity index (χ0v) is 15.2. The Bertz CT molecular complexity index is 944. The van der Waals surface area contributed by atoms with Crippen molar-refractivity contribution >= 4 is 17.2 Å². The molecule has 0 atom stereocenters. The van der Waals surface area contributed by atoms with Crippen LogP contribution in [0.1, 0.15) is 29.2 Å². The molecule has 0 radical (unpaired) electrons. The van der Waals surface area contributed by atoms with Gasteiger partial charge in [0.2, 0.25) is 0 Å². The third-order valence-electron chi connectivity index (χ3n) is 3.97. The Labute approximate surface area is 144 Å². The molecule has 0 bridgehead atoms. The Balaban J connectivity index is 2.86. The lowest BCUT2D eigenvalue weighted by Crippen LogP contribution is -2.41. The van der Waals surface area contributed by atoms with Gasteiger partial charge in [0.1, 0.15) is 4.99 Å². The Morgan fingerprint density at radius 2 is 1.92 bits per heavy atom. The molecule has 0 amide bonds. The minimum atomic E-state index is -0.685. The quantitative estimate of drug-likeness (QED) is 0.825. The van der Waals surface area contributed by atoms with E-state index in [4.69, 9.17) is 22.7 Å². The normalized spacial score (nSPS) is 10.7. The van der Waals surface area contributed by atoms with Gasteiger partial charge in [-0.05, 0) is 50.5 Å². The number of hydrogen-bond donors (Lipinski definition) is 1. The minimum Gasteiger partial charge on any atom is -0.465 e. The maximum absolute atomic E-state index is 12.7. The molecule has 7 nitrogen and oxygen atoms in total. The molecule has 2 rings (SSSR count). The van der Waals surface area contributed by atoms with Crippen LogP contribution < -0.4 is 21.9 Å². The van der Waals surface area contributed by atoms with Crippen molar-refractivity contribution in [2.75, 3.05) is 6.61 Å². The lowest BCUT2D eigenvalue weighted by molar-refractivity contribution is 0.289. The van der Waals surface area contributed by atoms with Gasteiger partial charge in [-0.3, -0.25) is 0 Å².